The standard InChI is InChI=1S/C15H23N/c1-5-7-14(11-10-12(2)3)15-9-6-8-13(4)16-15/h6-9,12H,5,10-11H2,1-4H3/b14-7+. The highest BCUT2D eigenvalue weighted by molar-refractivity contribution is 5.62. The van der Waals surface area contributed by atoms with E-state index in [-0.39, 0.29) is 0 Å². The summed E-state index contributed by atoms with van der Waals surface area (Å²) in [6.07, 6.45) is 5.77. The summed E-state index contributed by atoms with van der Waals surface area (Å²) in [5, 5.41) is 0. The second-order valence-corrected chi connectivity index (χ2v) is 4.73. The van der Waals surface area contributed by atoms with Crippen LogP contribution >= 0.6 is 0 Å². The van der Waals surface area contributed by atoms with Gasteiger partial charge in [0.25, 0.3) is 0 Å². The molecule has 16 heavy (non-hydrogen) atoms. The van der Waals surface area contributed by atoms with Gasteiger partial charge in [-0.3, -0.25) is 4.98 Å². The lowest BCUT2D eigenvalue weighted by molar-refractivity contribution is 0.598. The van der Waals surface area contributed by atoms with Crippen LogP contribution in [0.2, 0.25) is 0 Å². The Morgan fingerprint density at radius 2 is 2.12 bits per heavy atom. The van der Waals surface area contributed by atoms with Crippen LogP contribution in [0.5, 0.6) is 0 Å². The maximum atomic E-state index is 4.60. The predicted octanol–water partition coefficient (Wildman–Crippen LogP) is 4.62. The summed E-state index contributed by atoms with van der Waals surface area (Å²) in [5.41, 5.74) is 3.66. The summed E-state index contributed by atoms with van der Waals surface area (Å²) in [4.78, 5) is 4.60. The molecule has 0 aliphatic carbocycles. The van der Waals surface area contributed by atoms with Crippen molar-refractivity contribution in [1.82, 2.24) is 4.98 Å². The number of allylic oxidation sites excluding steroid dienone is 2. The summed E-state index contributed by atoms with van der Waals surface area (Å²) in [6, 6.07) is 6.26. The molecular weight excluding hydrogens is 194 g/mol. The molecule has 88 valence electrons. The predicted molar refractivity (Wildman–Crippen MR) is 71.3 cm³/mol. The molecule has 0 aliphatic rings. The summed E-state index contributed by atoms with van der Waals surface area (Å²) in [7, 11) is 0. The first-order chi connectivity index (χ1) is 7.63. The van der Waals surface area contributed by atoms with Gasteiger partial charge in [0.05, 0.1) is 5.69 Å². The van der Waals surface area contributed by atoms with Gasteiger partial charge in [0.1, 0.15) is 0 Å². The Labute approximate surface area is 99.6 Å². The molecule has 1 nitrogen and oxygen atoms in total. The Bertz CT molecular complexity index is 350. The molecule has 1 aromatic heterocycles. The normalized spacial score (nSPS) is 12.2. The summed E-state index contributed by atoms with van der Waals surface area (Å²) in [6.45, 7) is 8.78. The first-order valence-corrected chi connectivity index (χ1v) is 6.26. The fourth-order valence-corrected chi connectivity index (χ4v) is 1.75. The van der Waals surface area contributed by atoms with E-state index in [1.807, 2.05) is 0 Å². The summed E-state index contributed by atoms with van der Waals surface area (Å²) < 4.78 is 0. The van der Waals surface area contributed by atoms with Crippen molar-refractivity contribution in [2.75, 3.05) is 0 Å². The summed E-state index contributed by atoms with van der Waals surface area (Å²) >= 11 is 0. The Kier molecular flexibility index (Phi) is 5.24. The summed E-state index contributed by atoms with van der Waals surface area (Å²) in [5.74, 6) is 0.755. The van der Waals surface area contributed by atoms with E-state index in [4.69, 9.17) is 0 Å². The van der Waals surface area contributed by atoms with Crippen LogP contribution in [0.25, 0.3) is 5.57 Å². The SMILES string of the molecule is CC/C=C(\CCC(C)C)c1cccc(C)n1. The molecule has 0 bridgehead atoms. The third-order valence-corrected chi connectivity index (χ3v) is 2.66. The largest absolute Gasteiger partial charge is 0.253 e. The molecule has 0 aromatic carbocycles. The number of pyridine rings is 1. The molecule has 0 N–H and O–H groups in total. The van der Waals surface area contributed by atoms with Crippen molar-refractivity contribution < 1.29 is 0 Å². The molecular formula is C15H23N. The zero-order valence-corrected chi connectivity index (χ0v) is 11.0. The van der Waals surface area contributed by atoms with E-state index in [1.54, 1.807) is 0 Å². The van der Waals surface area contributed by atoms with Gasteiger partial charge in [-0.05, 0) is 49.8 Å². The van der Waals surface area contributed by atoms with Crippen molar-refractivity contribution in [1.29, 1.82) is 0 Å². The molecule has 0 atom stereocenters. The highest BCUT2D eigenvalue weighted by atomic mass is 14.7. The van der Waals surface area contributed by atoms with Crippen LogP contribution in [0.1, 0.15) is 51.4 Å². The van der Waals surface area contributed by atoms with E-state index in [0.717, 1.165) is 30.1 Å². The van der Waals surface area contributed by atoms with Crippen molar-refractivity contribution in [3.63, 3.8) is 0 Å². The van der Waals surface area contributed by atoms with Gasteiger partial charge < -0.3 is 0 Å². The molecule has 1 rings (SSSR count). The first kappa shape index (κ1) is 13.0. The zero-order valence-electron chi connectivity index (χ0n) is 11.0. The lowest BCUT2D eigenvalue weighted by Gasteiger charge is -2.09. The average Bonchev–Trinajstić information content (AvgIpc) is 2.24. The lowest BCUT2D eigenvalue weighted by atomic mass is 9.99. The number of hydrogen-bond donors (Lipinski definition) is 0. The Balaban J connectivity index is 2.82. The van der Waals surface area contributed by atoms with Gasteiger partial charge in [0, 0.05) is 5.69 Å². The van der Waals surface area contributed by atoms with E-state index >= 15 is 0 Å². The second kappa shape index (κ2) is 6.47. The monoisotopic (exact) mass is 217 g/mol. The number of nitrogens with zero attached hydrogens (tertiary/aromatic N) is 1. The highest BCUT2D eigenvalue weighted by Gasteiger charge is 2.04. The fraction of sp³-hybridized carbons (Fsp3) is 0.533. The number of aryl methyl sites for hydroxylation is 1. The average molecular weight is 217 g/mol. The Morgan fingerprint density at radius 3 is 2.69 bits per heavy atom. The fourth-order valence-electron chi connectivity index (χ4n) is 1.75. The Hall–Kier alpha value is -1.11. The van der Waals surface area contributed by atoms with E-state index in [2.05, 4.69) is 57.0 Å². The third-order valence-electron chi connectivity index (χ3n) is 2.66. The van der Waals surface area contributed by atoms with Crippen LogP contribution in [-0.4, -0.2) is 4.98 Å². The van der Waals surface area contributed by atoms with Gasteiger partial charge >= 0.3 is 0 Å². The van der Waals surface area contributed by atoms with E-state index in [9.17, 15) is 0 Å². The molecule has 0 saturated carbocycles. The van der Waals surface area contributed by atoms with E-state index in [1.165, 1.54) is 12.0 Å². The topological polar surface area (TPSA) is 12.9 Å². The van der Waals surface area contributed by atoms with Crippen molar-refractivity contribution in [3.8, 4) is 0 Å². The van der Waals surface area contributed by atoms with Crippen LogP contribution in [-0.2, 0) is 0 Å². The van der Waals surface area contributed by atoms with Crippen LogP contribution < -0.4 is 0 Å². The second-order valence-electron chi connectivity index (χ2n) is 4.73. The van der Waals surface area contributed by atoms with Gasteiger partial charge in [-0.1, -0.05) is 32.9 Å². The quantitative estimate of drug-likeness (QED) is 0.701. The lowest BCUT2D eigenvalue weighted by Crippen LogP contribution is -1.94. The highest BCUT2D eigenvalue weighted by Crippen LogP contribution is 2.21. The minimum absolute atomic E-state index is 0.755. The molecule has 1 heteroatoms. The van der Waals surface area contributed by atoms with E-state index in [0.29, 0.717) is 0 Å². The van der Waals surface area contributed by atoms with Crippen LogP contribution in [0.3, 0.4) is 0 Å². The van der Waals surface area contributed by atoms with Crippen molar-refractivity contribution in [2.24, 2.45) is 5.92 Å². The zero-order chi connectivity index (χ0) is 12.0. The van der Waals surface area contributed by atoms with E-state index < -0.39 is 0 Å². The maximum Gasteiger partial charge on any atom is 0.0661 e. The number of aromatic nitrogens is 1. The molecule has 0 unspecified atom stereocenters. The van der Waals surface area contributed by atoms with Crippen molar-refractivity contribution >= 4 is 5.57 Å². The van der Waals surface area contributed by atoms with Crippen LogP contribution in [0, 0.1) is 12.8 Å². The number of rotatable bonds is 5. The minimum atomic E-state index is 0.755. The van der Waals surface area contributed by atoms with Crippen LogP contribution in [0.15, 0.2) is 24.3 Å². The van der Waals surface area contributed by atoms with Crippen LogP contribution in [0.4, 0.5) is 0 Å². The van der Waals surface area contributed by atoms with Crippen molar-refractivity contribution in [2.45, 2.75) is 47.0 Å². The smallest absolute Gasteiger partial charge is 0.0661 e. The minimum Gasteiger partial charge on any atom is -0.253 e. The van der Waals surface area contributed by atoms with Gasteiger partial charge in [-0.2, -0.15) is 0 Å². The van der Waals surface area contributed by atoms with Gasteiger partial charge in [0.15, 0.2) is 0 Å². The van der Waals surface area contributed by atoms with Gasteiger partial charge in [-0.15, -0.1) is 0 Å². The molecule has 1 heterocycles. The molecule has 0 aliphatic heterocycles. The molecule has 0 radical (unpaired) electrons. The van der Waals surface area contributed by atoms with Gasteiger partial charge in [0.2, 0.25) is 0 Å². The molecule has 0 spiro atoms. The van der Waals surface area contributed by atoms with Gasteiger partial charge in [-0.25, -0.2) is 0 Å². The van der Waals surface area contributed by atoms with Crippen molar-refractivity contribution in [3.05, 3.63) is 35.7 Å². The Morgan fingerprint density at radius 1 is 1.38 bits per heavy atom. The molecule has 0 amide bonds. The maximum absolute atomic E-state index is 4.60. The third kappa shape index (κ3) is 4.18. The number of hydrogen-bond acceptors (Lipinski definition) is 1. The molecule has 0 fully saturated rings. The molecule has 0 saturated heterocycles. The molecule has 1 aromatic rings. The first-order valence-electron chi connectivity index (χ1n) is 6.26.